The van der Waals surface area contributed by atoms with Gasteiger partial charge in [0.2, 0.25) is 11.8 Å². The third-order valence-corrected chi connectivity index (χ3v) is 6.98. The zero-order chi connectivity index (χ0) is 22.7. The molecule has 4 atom stereocenters. The number of carbonyl (C=O) groups excluding carboxylic acids is 2. The van der Waals surface area contributed by atoms with Crippen LogP contribution in [-0.4, -0.2) is 11.8 Å². The number of anilines is 1. The van der Waals surface area contributed by atoms with Gasteiger partial charge in [-0.1, -0.05) is 54.6 Å². The largest absolute Gasteiger partial charge is 0.274 e. The molecule has 3 aromatic rings. The summed E-state index contributed by atoms with van der Waals surface area (Å²) in [6, 6.07) is 21.3. The normalized spacial score (nSPS) is 25.2. The Morgan fingerprint density at radius 1 is 0.636 bits per heavy atom. The lowest BCUT2D eigenvalue weighted by molar-refractivity contribution is -0.122. The molecule has 1 heterocycles. The fraction of sp³-hybridized carbons (Fsp3) is 0.143. The maximum atomic E-state index is 13.7. The van der Waals surface area contributed by atoms with Crippen LogP contribution in [0.2, 0.25) is 0 Å². The summed E-state index contributed by atoms with van der Waals surface area (Å²) in [4.78, 5) is 28.2. The highest BCUT2D eigenvalue weighted by Crippen LogP contribution is 2.58. The molecule has 2 bridgehead atoms. The number of nitrogens with zero attached hydrogens (tertiary/aromatic N) is 1. The Hall–Kier alpha value is -3.86. The topological polar surface area (TPSA) is 37.4 Å². The Morgan fingerprint density at radius 3 is 1.55 bits per heavy atom. The summed E-state index contributed by atoms with van der Waals surface area (Å²) in [6.45, 7) is 0. The fourth-order valence-electron chi connectivity index (χ4n) is 5.66. The average Bonchev–Trinajstić information content (AvgIpc) is 3.46. The van der Waals surface area contributed by atoms with Crippen molar-refractivity contribution >= 4 is 23.1 Å². The molecule has 6 rings (SSSR count). The lowest BCUT2D eigenvalue weighted by atomic mass is 9.85. The Morgan fingerprint density at radius 2 is 1.09 bits per heavy atom. The van der Waals surface area contributed by atoms with Crippen LogP contribution in [0.25, 0.3) is 5.57 Å². The second-order valence-corrected chi connectivity index (χ2v) is 8.68. The first-order valence-electron chi connectivity index (χ1n) is 10.9. The second-order valence-electron chi connectivity index (χ2n) is 8.68. The predicted molar refractivity (Wildman–Crippen MR) is 121 cm³/mol. The number of halogens is 2. The Bertz CT molecular complexity index is 1250. The SMILES string of the molecule is O=C1[C@H]2[C@H](C(=O)N1c1ccccc1)[C@H]1C=C[C@H]2C1=C(c1ccc(F)cc1)c1ccc(F)cc1. The number of carbonyl (C=O) groups is 2. The highest BCUT2D eigenvalue weighted by molar-refractivity contribution is 6.23. The van der Waals surface area contributed by atoms with Crippen molar-refractivity contribution in [1.29, 1.82) is 0 Å². The summed E-state index contributed by atoms with van der Waals surface area (Å²) < 4.78 is 27.3. The van der Waals surface area contributed by atoms with Crippen LogP contribution in [0.5, 0.6) is 0 Å². The van der Waals surface area contributed by atoms with Crippen molar-refractivity contribution < 1.29 is 18.4 Å². The number of amides is 2. The van der Waals surface area contributed by atoms with E-state index < -0.39 is 11.8 Å². The monoisotopic (exact) mass is 439 g/mol. The first kappa shape index (κ1) is 19.8. The van der Waals surface area contributed by atoms with Crippen LogP contribution in [0.4, 0.5) is 14.5 Å². The number of benzene rings is 3. The summed E-state index contributed by atoms with van der Waals surface area (Å²) in [5, 5.41) is 0. The number of hydrogen-bond acceptors (Lipinski definition) is 2. The van der Waals surface area contributed by atoms with Crippen LogP contribution in [0, 0.1) is 35.3 Å². The molecule has 162 valence electrons. The van der Waals surface area contributed by atoms with E-state index in [1.807, 2.05) is 30.4 Å². The second kappa shape index (κ2) is 7.34. The van der Waals surface area contributed by atoms with E-state index in [0.717, 1.165) is 22.3 Å². The standard InChI is InChI=1S/C28H19F2NO2/c29-18-10-6-16(7-11-18)23(17-8-12-19(30)13-9-17)24-21-14-15-22(24)26-25(21)27(32)31(28(26)33)20-4-2-1-3-5-20/h1-15,21-22,25-26H/t21-,22-,25+,26+/m0/s1. The van der Waals surface area contributed by atoms with Gasteiger partial charge in [-0.15, -0.1) is 0 Å². The molecular weight excluding hydrogens is 420 g/mol. The maximum Gasteiger partial charge on any atom is 0.238 e. The Labute approximate surface area is 189 Å². The Balaban J connectivity index is 1.50. The van der Waals surface area contributed by atoms with Gasteiger partial charge in [-0.05, 0) is 58.7 Å². The van der Waals surface area contributed by atoms with Crippen molar-refractivity contribution in [2.24, 2.45) is 23.7 Å². The van der Waals surface area contributed by atoms with E-state index >= 15 is 0 Å². The van der Waals surface area contributed by atoms with Crippen molar-refractivity contribution in [3.05, 3.63) is 119 Å². The third kappa shape index (κ3) is 2.92. The lowest BCUT2D eigenvalue weighted by Crippen LogP contribution is -2.33. The minimum absolute atomic E-state index is 0.192. The zero-order valence-corrected chi connectivity index (χ0v) is 17.5. The van der Waals surface area contributed by atoms with E-state index in [1.54, 1.807) is 36.4 Å². The van der Waals surface area contributed by atoms with Gasteiger partial charge in [0.05, 0.1) is 17.5 Å². The van der Waals surface area contributed by atoms with Gasteiger partial charge in [-0.2, -0.15) is 0 Å². The summed E-state index contributed by atoms with van der Waals surface area (Å²) in [6.07, 6.45) is 4.02. The number of para-hydroxylation sites is 1. The quantitative estimate of drug-likeness (QED) is 0.406. The van der Waals surface area contributed by atoms with Crippen LogP contribution in [-0.2, 0) is 9.59 Å². The smallest absolute Gasteiger partial charge is 0.238 e. The van der Waals surface area contributed by atoms with Gasteiger partial charge in [0.15, 0.2) is 0 Å². The summed E-state index contributed by atoms with van der Waals surface area (Å²) >= 11 is 0. The van der Waals surface area contributed by atoms with Crippen molar-refractivity contribution in [2.45, 2.75) is 0 Å². The van der Waals surface area contributed by atoms with Gasteiger partial charge in [-0.3, -0.25) is 9.59 Å². The van der Waals surface area contributed by atoms with Gasteiger partial charge in [-0.25, -0.2) is 13.7 Å². The number of imide groups is 1. The molecular formula is C28H19F2NO2. The molecule has 0 spiro atoms. The molecule has 33 heavy (non-hydrogen) atoms. The van der Waals surface area contributed by atoms with Crippen LogP contribution >= 0.6 is 0 Å². The molecule has 3 nitrogen and oxygen atoms in total. The molecule has 0 unspecified atom stereocenters. The molecule has 5 heteroatoms. The average molecular weight is 439 g/mol. The minimum Gasteiger partial charge on any atom is -0.274 e. The van der Waals surface area contributed by atoms with E-state index in [4.69, 9.17) is 0 Å². The van der Waals surface area contributed by atoms with Crippen molar-refractivity contribution in [1.82, 2.24) is 0 Å². The summed E-state index contributed by atoms with van der Waals surface area (Å²) in [5.41, 5.74) is 3.94. The highest BCUT2D eigenvalue weighted by Gasteiger charge is 2.62. The van der Waals surface area contributed by atoms with Crippen molar-refractivity contribution in [3.8, 4) is 0 Å². The van der Waals surface area contributed by atoms with Crippen LogP contribution < -0.4 is 4.90 Å². The van der Waals surface area contributed by atoms with E-state index in [1.165, 1.54) is 29.2 Å². The Kier molecular flexibility index (Phi) is 4.40. The van der Waals surface area contributed by atoms with E-state index in [9.17, 15) is 18.4 Å². The van der Waals surface area contributed by atoms with Crippen molar-refractivity contribution in [2.75, 3.05) is 4.90 Å². The molecule has 0 radical (unpaired) electrons. The molecule has 2 amide bonds. The lowest BCUT2D eigenvalue weighted by Gasteiger charge is -2.21. The third-order valence-electron chi connectivity index (χ3n) is 6.98. The molecule has 1 saturated carbocycles. The molecule has 0 N–H and O–H groups in total. The molecule has 1 aliphatic heterocycles. The van der Waals surface area contributed by atoms with Gasteiger partial charge < -0.3 is 0 Å². The van der Waals surface area contributed by atoms with Gasteiger partial charge >= 0.3 is 0 Å². The fourth-order valence-corrected chi connectivity index (χ4v) is 5.66. The maximum absolute atomic E-state index is 13.7. The van der Waals surface area contributed by atoms with Gasteiger partial charge in [0.1, 0.15) is 11.6 Å². The number of fused-ring (bicyclic) bond motifs is 5. The minimum atomic E-state index is -0.474. The van der Waals surface area contributed by atoms with Crippen LogP contribution in [0.1, 0.15) is 11.1 Å². The van der Waals surface area contributed by atoms with Crippen LogP contribution in [0.3, 0.4) is 0 Å². The van der Waals surface area contributed by atoms with E-state index in [2.05, 4.69) is 0 Å². The first-order chi connectivity index (χ1) is 16.0. The summed E-state index contributed by atoms with van der Waals surface area (Å²) in [5.74, 6) is -2.51. The highest BCUT2D eigenvalue weighted by atomic mass is 19.1. The van der Waals surface area contributed by atoms with Gasteiger partial charge in [0, 0.05) is 11.8 Å². The zero-order valence-electron chi connectivity index (χ0n) is 17.5. The van der Waals surface area contributed by atoms with Gasteiger partial charge in [0.25, 0.3) is 0 Å². The number of rotatable bonds is 3. The molecule has 1 saturated heterocycles. The molecule has 3 aliphatic rings. The predicted octanol–water partition coefficient (Wildman–Crippen LogP) is 5.39. The van der Waals surface area contributed by atoms with E-state index in [-0.39, 0.29) is 35.3 Å². The number of allylic oxidation sites excluding steroid dienone is 3. The summed E-state index contributed by atoms with van der Waals surface area (Å²) in [7, 11) is 0. The van der Waals surface area contributed by atoms with E-state index in [0.29, 0.717) is 5.69 Å². The number of hydrogen-bond donors (Lipinski definition) is 0. The molecule has 2 aliphatic carbocycles. The van der Waals surface area contributed by atoms with Crippen molar-refractivity contribution in [3.63, 3.8) is 0 Å². The first-order valence-corrected chi connectivity index (χ1v) is 10.9. The molecule has 3 aromatic carbocycles. The molecule has 2 fully saturated rings. The molecule has 0 aromatic heterocycles. The van der Waals surface area contributed by atoms with Crippen LogP contribution in [0.15, 0.2) is 96.6 Å².